The van der Waals surface area contributed by atoms with Crippen LogP contribution in [0.2, 0.25) is 0 Å². The monoisotopic (exact) mass is 631 g/mol. The number of nitrogens with one attached hydrogen (secondary N) is 1. The predicted octanol–water partition coefficient (Wildman–Crippen LogP) is 1.62. The molecular weight excluding hydrogens is 611 g/mol. The van der Waals surface area contributed by atoms with Crippen molar-refractivity contribution >= 4 is 63.5 Å². The molecule has 15 nitrogen and oxygen atoms in total. The molecule has 18 heteroatoms. The summed E-state index contributed by atoms with van der Waals surface area (Å²) in [6.45, 7) is 3.55. The molecule has 5 rings (SSSR count). The Morgan fingerprint density at radius 1 is 1.33 bits per heavy atom. The zero-order valence-electron chi connectivity index (χ0n) is 21.3. The number of carboxylic acids is 1. The number of carboxylic acid groups (broad SMARTS) is 1. The molecule has 0 saturated carbocycles. The van der Waals surface area contributed by atoms with E-state index in [4.69, 9.17) is 15.0 Å². The van der Waals surface area contributed by atoms with Crippen molar-refractivity contribution in [1.82, 2.24) is 25.4 Å². The second-order valence-electron chi connectivity index (χ2n) is 8.58. The highest BCUT2D eigenvalue weighted by atomic mass is 32.2. The summed E-state index contributed by atoms with van der Waals surface area (Å²) in [6, 6.07) is 3.02. The molecule has 0 spiro atoms. The lowest BCUT2D eigenvalue weighted by molar-refractivity contribution is -0.150. The van der Waals surface area contributed by atoms with Crippen molar-refractivity contribution < 1.29 is 39.0 Å². The first-order valence-electron chi connectivity index (χ1n) is 11.9. The fourth-order valence-corrected chi connectivity index (χ4v) is 6.75. The van der Waals surface area contributed by atoms with Crippen molar-refractivity contribution in [3.05, 3.63) is 53.2 Å². The van der Waals surface area contributed by atoms with Gasteiger partial charge in [-0.2, -0.15) is 0 Å². The van der Waals surface area contributed by atoms with Crippen LogP contribution in [0.1, 0.15) is 5.69 Å². The SMILES string of the molecule is C=CCON=C(C(=O)N[C@@H]1C(=O)N2C(C(=O)O)=C(CSc3nnc(-c4ccc(O)c(O)c4)o3)CS[C@H]12)c1csc(N)n1. The Morgan fingerprint density at radius 3 is 2.83 bits per heavy atom. The molecule has 3 aromatic rings. The van der Waals surface area contributed by atoms with Gasteiger partial charge in [-0.1, -0.05) is 29.6 Å². The Morgan fingerprint density at radius 2 is 2.14 bits per heavy atom. The molecule has 0 radical (unpaired) electrons. The summed E-state index contributed by atoms with van der Waals surface area (Å²) in [5.74, 6) is -2.80. The molecule has 0 aliphatic carbocycles. The first kappa shape index (κ1) is 29.0. The number of amides is 2. The molecule has 42 heavy (non-hydrogen) atoms. The molecule has 1 saturated heterocycles. The maximum Gasteiger partial charge on any atom is 0.352 e. The van der Waals surface area contributed by atoms with Crippen LogP contribution in [0.25, 0.3) is 11.5 Å². The number of aromatic hydroxyl groups is 2. The molecule has 2 atom stereocenters. The number of hydrogen-bond acceptors (Lipinski definition) is 15. The summed E-state index contributed by atoms with van der Waals surface area (Å²) in [5.41, 5.74) is 6.30. The number of oxime groups is 1. The number of aliphatic carboxylic acids is 1. The minimum absolute atomic E-state index is 0.0316. The topological polar surface area (TPSA) is 227 Å². The third-order valence-electron chi connectivity index (χ3n) is 5.86. The lowest BCUT2D eigenvalue weighted by atomic mass is 10.0. The fourth-order valence-electron chi connectivity index (χ4n) is 3.95. The third-order valence-corrected chi connectivity index (χ3v) is 8.78. The lowest BCUT2D eigenvalue weighted by Gasteiger charge is -2.49. The van der Waals surface area contributed by atoms with Gasteiger partial charge in [-0.3, -0.25) is 14.5 Å². The van der Waals surface area contributed by atoms with Crippen LogP contribution < -0.4 is 11.1 Å². The second-order valence-corrected chi connectivity index (χ2v) is 11.5. The summed E-state index contributed by atoms with van der Waals surface area (Å²) in [4.78, 5) is 48.6. The number of nitrogens with zero attached hydrogens (tertiary/aromatic N) is 5. The van der Waals surface area contributed by atoms with Gasteiger partial charge in [0.05, 0.1) is 0 Å². The van der Waals surface area contributed by atoms with Crippen LogP contribution in [0.5, 0.6) is 11.5 Å². The number of phenols is 2. The highest BCUT2D eigenvalue weighted by molar-refractivity contribution is 8.01. The number of anilines is 1. The summed E-state index contributed by atoms with van der Waals surface area (Å²) >= 11 is 3.46. The number of thioether (sulfide) groups is 2. The minimum atomic E-state index is -1.29. The molecule has 0 unspecified atom stereocenters. The van der Waals surface area contributed by atoms with E-state index >= 15 is 0 Å². The van der Waals surface area contributed by atoms with Crippen molar-refractivity contribution in [3.8, 4) is 23.0 Å². The molecule has 4 heterocycles. The van der Waals surface area contributed by atoms with Crippen LogP contribution in [0.3, 0.4) is 0 Å². The lowest BCUT2D eigenvalue weighted by Crippen LogP contribution is -2.71. The largest absolute Gasteiger partial charge is 0.504 e. The van der Waals surface area contributed by atoms with Gasteiger partial charge >= 0.3 is 5.97 Å². The van der Waals surface area contributed by atoms with Crippen LogP contribution in [-0.4, -0.2) is 88.4 Å². The molecule has 2 aliphatic rings. The van der Waals surface area contributed by atoms with Crippen LogP contribution in [0.15, 0.2) is 62.3 Å². The molecule has 1 aromatic carbocycles. The number of aromatic nitrogens is 3. The Labute approximate surface area is 249 Å². The number of β-lactam (4-membered cyclic amide) rings is 1. The summed E-state index contributed by atoms with van der Waals surface area (Å²) in [6.07, 6.45) is 1.44. The molecule has 218 valence electrons. The van der Waals surface area contributed by atoms with E-state index in [2.05, 4.69) is 32.2 Å². The zero-order valence-corrected chi connectivity index (χ0v) is 23.7. The number of phenolic OH excluding ortho intramolecular Hbond substituents is 2. The van der Waals surface area contributed by atoms with E-state index < -0.39 is 29.2 Å². The molecule has 1 fully saturated rings. The number of thiazole rings is 1. The quantitative estimate of drug-likeness (QED) is 0.0386. The number of nitrogens with two attached hydrogens (primary N) is 1. The Bertz CT molecular complexity index is 1640. The van der Waals surface area contributed by atoms with E-state index in [1.54, 1.807) is 0 Å². The molecular formula is C24H21N7O8S3. The van der Waals surface area contributed by atoms with Gasteiger partial charge in [0.25, 0.3) is 17.0 Å². The number of hydrogen-bond donors (Lipinski definition) is 5. The maximum atomic E-state index is 13.1. The van der Waals surface area contributed by atoms with Gasteiger partial charge in [0.1, 0.15) is 29.4 Å². The third kappa shape index (κ3) is 5.76. The van der Waals surface area contributed by atoms with Crippen LogP contribution in [0.4, 0.5) is 5.13 Å². The fraction of sp³-hybridized carbons (Fsp3) is 0.208. The number of carbonyl (C=O) groups is 3. The highest BCUT2D eigenvalue weighted by Gasteiger charge is 2.54. The van der Waals surface area contributed by atoms with Crippen LogP contribution >= 0.6 is 34.9 Å². The van der Waals surface area contributed by atoms with E-state index in [-0.39, 0.29) is 63.0 Å². The highest BCUT2D eigenvalue weighted by Crippen LogP contribution is 2.42. The predicted molar refractivity (Wildman–Crippen MR) is 153 cm³/mol. The van der Waals surface area contributed by atoms with Crippen molar-refractivity contribution in [2.45, 2.75) is 16.6 Å². The normalized spacial score (nSPS) is 18.3. The zero-order chi connectivity index (χ0) is 30.0. The van der Waals surface area contributed by atoms with Crippen molar-refractivity contribution in [3.63, 3.8) is 0 Å². The van der Waals surface area contributed by atoms with Gasteiger partial charge in [-0.05, 0) is 23.8 Å². The molecule has 2 amide bonds. The van der Waals surface area contributed by atoms with Gasteiger partial charge in [-0.15, -0.1) is 33.3 Å². The smallest absolute Gasteiger partial charge is 0.352 e. The molecule has 6 N–H and O–H groups in total. The number of carbonyl (C=O) groups excluding carboxylic acids is 2. The summed E-state index contributed by atoms with van der Waals surface area (Å²) in [7, 11) is 0. The first-order valence-corrected chi connectivity index (χ1v) is 14.8. The standard InChI is InChI=1S/C24H21N7O8S3/c1-2-5-38-30-15(12-9-41-23(25)26-12)18(34)27-16-20(35)31-17(22(36)37)11(7-40-21(16)31)8-42-24-29-28-19(39-24)10-3-4-13(32)14(33)6-10/h2-4,6,9,16,21,32-33H,1,5,7-8H2,(H2,25,26)(H,27,34)(H,36,37)/t16-,21-/m1/s1. The van der Waals surface area contributed by atoms with Crippen LogP contribution in [-0.2, 0) is 19.2 Å². The Kier molecular flexibility index (Phi) is 8.36. The summed E-state index contributed by atoms with van der Waals surface area (Å²) < 4.78 is 5.59. The van der Waals surface area contributed by atoms with Gasteiger partial charge in [-0.25, -0.2) is 9.78 Å². The first-order chi connectivity index (χ1) is 20.2. The number of rotatable bonds is 11. The molecule has 2 aromatic heterocycles. The number of fused-ring (bicyclic) bond motifs is 1. The number of benzene rings is 1. The van der Waals surface area contributed by atoms with Gasteiger partial charge in [0.15, 0.2) is 22.3 Å². The van der Waals surface area contributed by atoms with Gasteiger partial charge in [0.2, 0.25) is 5.89 Å². The van der Waals surface area contributed by atoms with E-state index in [1.807, 2.05) is 0 Å². The van der Waals surface area contributed by atoms with Gasteiger partial charge in [0, 0.05) is 22.4 Å². The van der Waals surface area contributed by atoms with Crippen molar-refractivity contribution in [1.29, 1.82) is 0 Å². The minimum Gasteiger partial charge on any atom is -0.504 e. The van der Waals surface area contributed by atoms with E-state index in [9.17, 15) is 29.7 Å². The van der Waals surface area contributed by atoms with Crippen LogP contribution in [0, 0.1) is 0 Å². The van der Waals surface area contributed by atoms with E-state index in [1.165, 1.54) is 41.4 Å². The maximum absolute atomic E-state index is 13.1. The van der Waals surface area contributed by atoms with Crippen molar-refractivity contribution in [2.75, 3.05) is 23.8 Å². The van der Waals surface area contributed by atoms with E-state index in [0.717, 1.165) is 28.0 Å². The number of nitrogen functional groups attached to an aromatic ring is 1. The average Bonchev–Trinajstić information content (AvgIpc) is 3.62. The average molecular weight is 632 g/mol. The van der Waals surface area contributed by atoms with Gasteiger partial charge < -0.3 is 35.6 Å². The summed E-state index contributed by atoms with van der Waals surface area (Å²) in [5, 5.41) is 44.6. The second kappa shape index (κ2) is 12.1. The Balaban J connectivity index is 1.28. The Hall–Kier alpha value is -4.55. The van der Waals surface area contributed by atoms with E-state index in [0.29, 0.717) is 11.1 Å². The molecule has 0 bridgehead atoms. The van der Waals surface area contributed by atoms with Crippen molar-refractivity contribution in [2.24, 2.45) is 5.16 Å². The molecule has 2 aliphatic heterocycles.